The number of nitrogens with one attached hydrogen (secondary N) is 1. The van der Waals surface area contributed by atoms with E-state index in [2.05, 4.69) is 15.4 Å². The summed E-state index contributed by atoms with van der Waals surface area (Å²) in [6.07, 6.45) is 3.28. The summed E-state index contributed by atoms with van der Waals surface area (Å²) in [5.41, 5.74) is 5.42. The van der Waals surface area contributed by atoms with E-state index in [1.54, 1.807) is 28.8 Å². The number of nitrogens with zero attached hydrogens (tertiary/aromatic N) is 4. The van der Waals surface area contributed by atoms with Gasteiger partial charge in [0.05, 0.1) is 10.7 Å². The van der Waals surface area contributed by atoms with Crippen molar-refractivity contribution in [2.24, 2.45) is 7.05 Å². The number of aryl methyl sites for hydroxylation is 3. The van der Waals surface area contributed by atoms with Crippen LogP contribution in [0.4, 0.5) is 0 Å². The molecule has 178 valence electrons. The number of halogens is 1. The zero-order chi connectivity index (χ0) is 24.2. The van der Waals surface area contributed by atoms with Crippen LogP contribution in [0, 0.1) is 6.92 Å². The molecule has 4 rings (SSSR count). The van der Waals surface area contributed by atoms with Gasteiger partial charge in [0.25, 0.3) is 11.8 Å². The van der Waals surface area contributed by atoms with E-state index in [0.717, 1.165) is 34.5 Å². The van der Waals surface area contributed by atoms with Crippen molar-refractivity contribution in [3.05, 3.63) is 75.3 Å². The maximum absolute atomic E-state index is 12.7. The fourth-order valence-corrected chi connectivity index (χ4v) is 4.32. The highest BCUT2D eigenvalue weighted by Crippen LogP contribution is 2.26. The van der Waals surface area contributed by atoms with Crippen LogP contribution in [0.5, 0.6) is 5.75 Å². The molecule has 1 aromatic carbocycles. The number of benzene rings is 1. The molecule has 1 aliphatic rings. The summed E-state index contributed by atoms with van der Waals surface area (Å²) in [5.74, 6) is 0.213. The van der Waals surface area contributed by atoms with E-state index < -0.39 is 0 Å². The van der Waals surface area contributed by atoms with E-state index in [1.165, 1.54) is 0 Å². The minimum absolute atomic E-state index is 0.0777. The Morgan fingerprint density at radius 1 is 1.26 bits per heavy atom. The first-order valence-electron chi connectivity index (χ1n) is 11.3. The number of carbonyl (C=O) groups excluding carboxylic acids is 2. The van der Waals surface area contributed by atoms with Gasteiger partial charge in [0.2, 0.25) is 0 Å². The van der Waals surface area contributed by atoms with Crippen LogP contribution in [-0.4, -0.2) is 44.6 Å². The number of hydrogen-bond acceptors (Lipinski definition) is 5. The largest absolute Gasteiger partial charge is 0.482 e. The standard InChI is InChI=1S/C25H28ClN5O3/c1-4-18-11-22(30(3)29-18)25(33)28-13-20-16(2)27-12-17-14-31(10-9-19(17)20)24(32)15-34-23-8-6-5-7-21(23)26/h5-8,11-12H,4,9-10,13-15H2,1-3H3,(H,28,33). The molecule has 1 aliphatic heterocycles. The quantitative estimate of drug-likeness (QED) is 0.559. The van der Waals surface area contributed by atoms with Gasteiger partial charge in [0, 0.05) is 38.6 Å². The minimum Gasteiger partial charge on any atom is -0.482 e. The number of fused-ring (bicyclic) bond motifs is 1. The summed E-state index contributed by atoms with van der Waals surface area (Å²) in [6, 6.07) is 8.91. The lowest BCUT2D eigenvalue weighted by molar-refractivity contribution is -0.134. The van der Waals surface area contributed by atoms with Gasteiger partial charge in [-0.25, -0.2) is 0 Å². The average molecular weight is 482 g/mol. The molecule has 0 unspecified atom stereocenters. The molecule has 1 N–H and O–H groups in total. The summed E-state index contributed by atoms with van der Waals surface area (Å²) in [5, 5.41) is 7.83. The monoisotopic (exact) mass is 481 g/mol. The molecule has 0 spiro atoms. The highest BCUT2D eigenvalue weighted by Gasteiger charge is 2.25. The predicted octanol–water partition coefficient (Wildman–Crippen LogP) is 3.23. The summed E-state index contributed by atoms with van der Waals surface area (Å²) >= 11 is 6.11. The second-order valence-electron chi connectivity index (χ2n) is 8.29. The number of hydrogen-bond donors (Lipinski definition) is 1. The van der Waals surface area contributed by atoms with Crippen molar-refractivity contribution in [1.82, 2.24) is 25.0 Å². The molecule has 0 atom stereocenters. The van der Waals surface area contributed by atoms with Gasteiger partial charge in [0.15, 0.2) is 6.61 Å². The van der Waals surface area contributed by atoms with Crippen LogP contribution in [0.1, 0.15) is 45.5 Å². The van der Waals surface area contributed by atoms with Crippen molar-refractivity contribution in [2.45, 2.75) is 39.8 Å². The van der Waals surface area contributed by atoms with E-state index in [1.807, 2.05) is 38.2 Å². The lowest BCUT2D eigenvalue weighted by Crippen LogP contribution is -2.39. The lowest BCUT2D eigenvalue weighted by atomic mass is 9.95. The van der Waals surface area contributed by atoms with Gasteiger partial charge < -0.3 is 15.0 Å². The fraction of sp³-hybridized carbons (Fsp3) is 0.360. The molecule has 0 fully saturated rings. The molecule has 8 nitrogen and oxygen atoms in total. The van der Waals surface area contributed by atoms with Gasteiger partial charge in [0.1, 0.15) is 11.4 Å². The highest BCUT2D eigenvalue weighted by molar-refractivity contribution is 6.32. The zero-order valence-electron chi connectivity index (χ0n) is 19.6. The van der Waals surface area contributed by atoms with E-state index in [0.29, 0.717) is 42.5 Å². The zero-order valence-corrected chi connectivity index (χ0v) is 20.4. The third-order valence-electron chi connectivity index (χ3n) is 6.09. The van der Waals surface area contributed by atoms with Crippen LogP contribution in [-0.2, 0) is 37.8 Å². The summed E-state index contributed by atoms with van der Waals surface area (Å²) in [6.45, 7) is 5.27. The third-order valence-corrected chi connectivity index (χ3v) is 6.40. The fourth-order valence-electron chi connectivity index (χ4n) is 4.13. The highest BCUT2D eigenvalue weighted by atomic mass is 35.5. The summed E-state index contributed by atoms with van der Waals surface area (Å²) < 4.78 is 7.22. The van der Waals surface area contributed by atoms with Crippen LogP contribution in [0.2, 0.25) is 5.02 Å². The first kappa shape index (κ1) is 23.8. The Hall–Kier alpha value is -3.39. The number of amides is 2. The first-order valence-corrected chi connectivity index (χ1v) is 11.7. The normalized spacial score (nSPS) is 12.9. The molecule has 9 heteroatoms. The molecular weight excluding hydrogens is 454 g/mol. The molecule has 0 saturated carbocycles. The maximum Gasteiger partial charge on any atom is 0.269 e. The lowest BCUT2D eigenvalue weighted by Gasteiger charge is -2.30. The molecule has 2 aromatic heterocycles. The summed E-state index contributed by atoms with van der Waals surface area (Å²) in [4.78, 5) is 31.8. The Morgan fingerprint density at radius 2 is 2.06 bits per heavy atom. The second kappa shape index (κ2) is 10.3. The van der Waals surface area contributed by atoms with E-state index in [-0.39, 0.29) is 18.4 Å². The van der Waals surface area contributed by atoms with Crippen molar-refractivity contribution < 1.29 is 14.3 Å². The number of carbonyl (C=O) groups is 2. The molecule has 3 heterocycles. The molecular formula is C25H28ClN5O3. The summed E-state index contributed by atoms with van der Waals surface area (Å²) in [7, 11) is 1.77. The van der Waals surface area contributed by atoms with Gasteiger partial charge in [-0.2, -0.15) is 5.10 Å². The molecule has 0 radical (unpaired) electrons. The molecule has 34 heavy (non-hydrogen) atoms. The molecule has 0 bridgehead atoms. The van der Waals surface area contributed by atoms with Crippen molar-refractivity contribution >= 4 is 23.4 Å². The van der Waals surface area contributed by atoms with Gasteiger partial charge in [-0.3, -0.25) is 19.3 Å². The number of ether oxygens (including phenoxy) is 1. The van der Waals surface area contributed by atoms with Gasteiger partial charge in [-0.1, -0.05) is 30.7 Å². The molecule has 3 aromatic rings. The van der Waals surface area contributed by atoms with Crippen LogP contribution in [0.3, 0.4) is 0 Å². The van der Waals surface area contributed by atoms with Crippen molar-refractivity contribution in [3.63, 3.8) is 0 Å². The SMILES string of the molecule is CCc1cc(C(=O)NCc2c(C)ncc3c2CCN(C(=O)COc2ccccc2Cl)C3)n(C)n1. The van der Waals surface area contributed by atoms with E-state index >= 15 is 0 Å². The third kappa shape index (κ3) is 5.07. The second-order valence-corrected chi connectivity index (χ2v) is 8.70. The van der Waals surface area contributed by atoms with Crippen LogP contribution in [0.25, 0.3) is 0 Å². The Balaban J connectivity index is 1.41. The molecule has 2 amide bonds. The molecule has 0 aliphatic carbocycles. The smallest absolute Gasteiger partial charge is 0.269 e. The number of aromatic nitrogens is 3. The predicted molar refractivity (Wildman–Crippen MR) is 129 cm³/mol. The van der Waals surface area contributed by atoms with Crippen LogP contribution >= 0.6 is 11.6 Å². The Labute approximate surface area is 203 Å². The first-order chi connectivity index (χ1) is 16.4. The van der Waals surface area contributed by atoms with Gasteiger partial charge >= 0.3 is 0 Å². The van der Waals surface area contributed by atoms with Crippen LogP contribution in [0.15, 0.2) is 36.5 Å². The Kier molecular flexibility index (Phi) is 7.17. The number of rotatable bonds is 7. The van der Waals surface area contributed by atoms with E-state index in [9.17, 15) is 9.59 Å². The van der Waals surface area contributed by atoms with Crippen LogP contribution < -0.4 is 10.1 Å². The maximum atomic E-state index is 12.7. The van der Waals surface area contributed by atoms with Gasteiger partial charge in [-0.05, 0) is 54.7 Å². The van der Waals surface area contributed by atoms with Crippen molar-refractivity contribution in [2.75, 3.05) is 13.2 Å². The van der Waals surface area contributed by atoms with Crippen molar-refractivity contribution in [3.8, 4) is 5.75 Å². The van der Waals surface area contributed by atoms with Crippen molar-refractivity contribution in [1.29, 1.82) is 0 Å². The minimum atomic E-state index is -0.170. The number of para-hydroxylation sites is 1. The topological polar surface area (TPSA) is 89.4 Å². The molecule has 0 saturated heterocycles. The van der Waals surface area contributed by atoms with Gasteiger partial charge in [-0.15, -0.1) is 0 Å². The Morgan fingerprint density at radius 3 is 2.79 bits per heavy atom. The Bertz CT molecular complexity index is 1220. The average Bonchev–Trinajstić information content (AvgIpc) is 3.23. The van der Waals surface area contributed by atoms with E-state index in [4.69, 9.17) is 16.3 Å². The number of pyridine rings is 1.